The van der Waals surface area contributed by atoms with Gasteiger partial charge in [0.1, 0.15) is 17.4 Å². The number of amides is 1. The molecule has 0 unspecified atom stereocenters. The minimum atomic E-state index is -0.629. The topological polar surface area (TPSA) is 64.6 Å². The number of anilines is 1. The highest BCUT2D eigenvalue weighted by molar-refractivity contribution is 5.94. The number of hydrogen-bond acceptors (Lipinski definition) is 4. The molecule has 0 atom stereocenters. The van der Waals surface area contributed by atoms with Crippen LogP contribution in [0.15, 0.2) is 78.9 Å². The third-order valence-corrected chi connectivity index (χ3v) is 4.32. The summed E-state index contributed by atoms with van der Waals surface area (Å²) in [7, 11) is 0. The Labute approximate surface area is 156 Å². The van der Waals surface area contributed by atoms with Crippen LogP contribution in [0.5, 0.6) is 11.5 Å². The summed E-state index contributed by atoms with van der Waals surface area (Å²) in [5, 5.41) is 2.70. The highest BCUT2D eigenvalue weighted by Crippen LogP contribution is 2.44. The quantitative estimate of drug-likeness (QED) is 0.712. The summed E-state index contributed by atoms with van der Waals surface area (Å²) in [4.78, 5) is 24.9. The van der Waals surface area contributed by atoms with Gasteiger partial charge in [0.2, 0.25) is 0 Å². The number of esters is 1. The molecule has 0 saturated heterocycles. The Morgan fingerprint density at radius 3 is 2.00 bits per heavy atom. The van der Waals surface area contributed by atoms with Gasteiger partial charge >= 0.3 is 5.97 Å². The van der Waals surface area contributed by atoms with Crippen LogP contribution >= 0.6 is 0 Å². The van der Waals surface area contributed by atoms with E-state index in [1.807, 2.05) is 66.7 Å². The molecule has 0 saturated carbocycles. The highest BCUT2D eigenvalue weighted by Gasteiger charge is 2.33. The Bertz CT molecular complexity index is 939. The second-order valence-corrected chi connectivity index (χ2v) is 6.13. The Morgan fingerprint density at radius 2 is 1.37 bits per heavy atom. The molecule has 134 valence electrons. The molecule has 0 bridgehead atoms. The molecular weight excluding hydrogens is 342 g/mol. The highest BCUT2D eigenvalue weighted by atomic mass is 16.5. The predicted octanol–water partition coefficient (Wildman–Crippen LogP) is 4.11. The third-order valence-electron chi connectivity index (χ3n) is 4.32. The van der Waals surface area contributed by atoms with E-state index in [0.29, 0.717) is 17.2 Å². The molecule has 1 amide bonds. The van der Waals surface area contributed by atoms with Gasteiger partial charge in [-0.15, -0.1) is 0 Å². The molecule has 3 aromatic carbocycles. The van der Waals surface area contributed by atoms with E-state index in [1.54, 1.807) is 12.1 Å². The SMILES string of the molecule is O=C(COC(=O)C1c2ccccc2Oc2ccccc21)Nc1ccccc1. The first-order valence-electron chi connectivity index (χ1n) is 8.59. The van der Waals surface area contributed by atoms with Gasteiger partial charge in [-0.1, -0.05) is 54.6 Å². The number of carbonyl (C=O) groups is 2. The summed E-state index contributed by atoms with van der Waals surface area (Å²) in [5.74, 6) is -0.265. The van der Waals surface area contributed by atoms with Gasteiger partial charge in [0.25, 0.3) is 5.91 Å². The lowest BCUT2D eigenvalue weighted by Crippen LogP contribution is -2.26. The minimum Gasteiger partial charge on any atom is -0.457 e. The number of rotatable bonds is 4. The van der Waals surface area contributed by atoms with Gasteiger partial charge in [0.15, 0.2) is 6.61 Å². The van der Waals surface area contributed by atoms with Gasteiger partial charge in [0.05, 0.1) is 0 Å². The molecule has 0 aliphatic carbocycles. The lowest BCUT2D eigenvalue weighted by molar-refractivity contribution is -0.148. The van der Waals surface area contributed by atoms with Crippen LogP contribution in [-0.2, 0) is 14.3 Å². The van der Waals surface area contributed by atoms with Gasteiger partial charge in [-0.3, -0.25) is 9.59 Å². The zero-order valence-electron chi connectivity index (χ0n) is 14.4. The average Bonchev–Trinajstić information content (AvgIpc) is 2.71. The van der Waals surface area contributed by atoms with Gasteiger partial charge in [-0.2, -0.15) is 0 Å². The number of fused-ring (bicyclic) bond motifs is 2. The van der Waals surface area contributed by atoms with Gasteiger partial charge in [0, 0.05) is 16.8 Å². The smallest absolute Gasteiger partial charge is 0.318 e. The van der Waals surface area contributed by atoms with Gasteiger partial charge in [-0.25, -0.2) is 0 Å². The minimum absolute atomic E-state index is 0.352. The molecule has 0 aromatic heterocycles. The fraction of sp³-hybridized carbons (Fsp3) is 0.0909. The fourth-order valence-corrected chi connectivity index (χ4v) is 3.10. The lowest BCUT2D eigenvalue weighted by atomic mass is 9.88. The molecule has 4 rings (SSSR count). The Balaban J connectivity index is 1.51. The van der Waals surface area contributed by atoms with Crippen molar-refractivity contribution >= 4 is 17.6 Å². The van der Waals surface area contributed by atoms with Crippen LogP contribution in [0.3, 0.4) is 0 Å². The zero-order valence-corrected chi connectivity index (χ0v) is 14.4. The van der Waals surface area contributed by atoms with Crippen LogP contribution in [0.4, 0.5) is 5.69 Å². The summed E-state index contributed by atoms with van der Waals surface area (Å²) in [5.41, 5.74) is 2.11. The van der Waals surface area contributed by atoms with Crippen molar-refractivity contribution in [2.24, 2.45) is 0 Å². The van der Waals surface area contributed by atoms with Crippen molar-refractivity contribution in [2.45, 2.75) is 5.92 Å². The normalized spacial score (nSPS) is 12.3. The standard InChI is InChI=1S/C22H17NO4/c24-20(23-15-8-2-1-3-9-15)14-26-22(25)21-16-10-4-6-12-18(16)27-19-13-7-5-11-17(19)21/h1-13,21H,14H2,(H,23,24). The molecule has 5 heteroatoms. The van der Waals surface area contributed by atoms with Crippen molar-refractivity contribution in [2.75, 3.05) is 11.9 Å². The number of hydrogen-bond donors (Lipinski definition) is 1. The molecule has 3 aromatic rings. The van der Waals surface area contributed by atoms with Crippen LogP contribution in [0.2, 0.25) is 0 Å². The van der Waals surface area contributed by atoms with E-state index in [-0.39, 0.29) is 12.5 Å². The van der Waals surface area contributed by atoms with Gasteiger partial charge < -0.3 is 14.8 Å². The van der Waals surface area contributed by atoms with Gasteiger partial charge in [-0.05, 0) is 24.3 Å². The van der Waals surface area contributed by atoms with E-state index in [2.05, 4.69) is 5.32 Å². The van der Waals surface area contributed by atoms with Crippen LogP contribution < -0.4 is 10.1 Å². The summed E-state index contributed by atoms with van der Waals surface area (Å²) >= 11 is 0. The predicted molar refractivity (Wildman–Crippen MR) is 101 cm³/mol. The van der Waals surface area contributed by atoms with E-state index >= 15 is 0 Å². The number of benzene rings is 3. The molecule has 1 heterocycles. The van der Waals surface area contributed by atoms with Crippen molar-refractivity contribution in [3.63, 3.8) is 0 Å². The summed E-state index contributed by atoms with van der Waals surface area (Å²) in [6, 6.07) is 23.7. The number of para-hydroxylation sites is 3. The summed E-state index contributed by atoms with van der Waals surface area (Å²) in [6.07, 6.45) is 0. The molecule has 1 N–H and O–H groups in total. The molecule has 0 spiro atoms. The zero-order chi connectivity index (χ0) is 18.6. The fourth-order valence-electron chi connectivity index (χ4n) is 3.10. The maximum atomic E-state index is 12.8. The van der Waals surface area contributed by atoms with E-state index < -0.39 is 11.9 Å². The Kier molecular flexibility index (Phi) is 4.58. The second kappa shape index (κ2) is 7.33. The Hall–Kier alpha value is -3.60. The first-order chi connectivity index (χ1) is 13.2. The molecule has 1 aliphatic heterocycles. The number of ether oxygens (including phenoxy) is 2. The molecule has 0 fully saturated rings. The van der Waals surface area contributed by atoms with E-state index in [9.17, 15) is 9.59 Å². The van der Waals surface area contributed by atoms with Crippen molar-refractivity contribution in [1.82, 2.24) is 0 Å². The monoisotopic (exact) mass is 359 g/mol. The van der Waals surface area contributed by atoms with Crippen molar-refractivity contribution < 1.29 is 19.1 Å². The van der Waals surface area contributed by atoms with Crippen molar-refractivity contribution in [3.8, 4) is 11.5 Å². The average molecular weight is 359 g/mol. The van der Waals surface area contributed by atoms with E-state index in [0.717, 1.165) is 11.1 Å². The number of nitrogens with one attached hydrogen (secondary N) is 1. The number of carbonyl (C=O) groups excluding carboxylic acids is 2. The third kappa shape index (κ3) is 3.53. The van der Waals surface area contributed by atoms with Crippen LogP contribution in [0, 0.1) is 0 Å². The maximum absolute atomic E-state index is 12.8. The van der Waals surface area contributed by atoms with Crippen molar-refractivity contribution in [1.29, 1.82) is 0 Å². The summed E-state index contributed by atoms with van der Waals surface area (Å²) in [6.45, 7) is -0.352. The molecule has 27 heavy (non-hydrogen) atoms. The van der Waals surface area contributed by atoms with E-state index in [1.165, 1.54) is 0 Å². The second-order valence-electron chi connectivity index (χ2n) is 6.13. The van der Waals surface area contributed by atoms with Crippen LogP contribution in [0.25, 0.3) is 0 Å². The summed E-state index contributed by atoms with van der Waals surface area (Å²) < 4.78 is 11.2. The largest absolute Gasteiger partial charge is 0.457 e. The lowest BCUT2D eigenvalue weighted by Gasteiger charge is -2.26. The van der Waals surface area contributed by atoms with Crippen LogP contribution in [-0.4, -0.2) is 18.5 Å². The molecule has 0 radical (unpaired) electrons. The van der Waals surface area contributed by atoms with Crippen LogP contribution in [0.1, 0.15) is 17.0 Å². The molecular formula is C22H17NO4. The first-order valence-corrected chi connectivity index (χ1v) is 8.59. The molecule has 5 nitrogen and oxygen atoms in total. The van der Waals surface area contributed by atoms with Crippen molar-refractivity contribution in [3.05, 3.63) is 90.0 Å². The first kappa shape index (κ1) is 16.8. The molecule has 1 aliphatic rings. The Morgan fingerprint density at radius 1 is 0.815 bits per heavy atom. The maximum Gasteiger partial charge on any atom is 0.318 e. The van der Waals surface area contributed by atoms with E-state index in [4.69, 9.17) is 9.47 Å².